The molecule has 0 amide bonds. The summed E-state index contributed by atoms with van der Waals surface area (Å²) in [7, 11) is 0. The summed E-state index contributed by atoms with van der Waals surface area (Å²) in [5.74, 6) is 1.17. The van der Waals surface area contributed by atoms with E-state index in [9.17, 15) is 0 Å². The van der Waals surface area contributed by atoms with Gasteiger partial charge in [0.15, 0.2) is 0 Å². The molecular formula is C12H16N4. The van der Waals surface area contributed by atoms with Crippen molar-refractivity contribution >= 4 is 5.95 Å². The average Bonchev–Trinajstić information content (AvgIpc) is 2.18. The Balaban J connectivity index is 2.05. The zero-order valence-corrected chi connectivity index (χ0v) is 9.70. The van der Waals surface area contributed by atoms with Crippen molar-refractivity contribution in [2.45, 2.75) is 44.6 Å². The van der Waals surface area contributed by atoms with E-state index >= 15 is 0 Å². The van der Waals surface area contributed by atoms with Crippen molar-refractivity contribution in [3.63, 3.8) is 0 Å². The van der Waals surface area contributed by atoms with Gasteiger partial charge in [0.2, 0.25) is 5.95 Å². The van der Waals surface area contributed by atoms with Crippen molar-refractivity contribution in [1.29, 1.82) is 5.26 Å². The predicted molar refractivity (Wildman–Crippen MR) is 61.9 cm³/mol. The quantitative estimate of drug-likeness (QED) is 0.843. The van der Waals surface area contributed by atoms with Crippen LogP contribution in [0, 0.1) is 11.3 Å². The number of nitrogens with one attached hydrogen (secondary N) is 1. The average molecular weight is 216 g/mol. The van der Waals surface area contributed by atoms with Gasteiger partial charge in [-0.15, -0.1) is 0 Å². The Morgan fingerprint density at radius 1 is 1.38 bits per heavy atom. The number of hydrogen-bond donors (Lipinski definition) is 1. The van der Waals surface area contributed by atoms with Crippen molar-refractivity contribution in [3.8, 4) is 6.07 Å². The van der Waals surface area contributed by atoms with E-state index in [0.717, 1.165) is 0 Å². The number of anilines is 1. The first kappa shape index (κ1) is 10.9. The molecule has 1 aliphatic carbocycles. The molecule has 1 aromatic heterocycles. The lowest BCUT2D eigenvalue weighted by molar-refractivity contribution is 0.418. The fraction of sp³-hybridized carbons (Fsp3) is 0.583. The van der Waals surface area contributed by atoms with Crippen LogP contribution in [0.1, 0.15) is 44.6 Å². The Labute approximate surface area is 95.7 Å². The fourth-order valence-electron chi connectivity index (χ4n) is 1.66. The molecule has 1 aromatic rings. The number of aromatic nitrogens is 2. The molecule has 4 heteroatoms. The minimum Gasteiger partial charge on any atom is -0.336 e. The summed E-state index contributed by atoms with van der Waals surface area (Å²) in [6.07, 6.45) is 7.55. The van der Waals surface area contributed by atoms with Gasteiger partial charge in [-0.25, -0.2) is 9.97 Å². The first-order chi connectivity index (χ1) is 7.61. The van der Waals surface area contributed by atoms with Crippen LogP contribution in [0.2, 0.25) is 0 Å². The maximum absolute atomic E-state index is 8.88. The summed E-state index contributed by atoms with van der Waals surface area (Å²) >= 11 is 0. The lowest BCUT2D eigenvalue weighted by Crippen LogP contribution is -2.29. The molecule has 1 N–H and O–H groups in total. The largest absolute Gasteiger partial charge is 0.336 e. The van der Waals surface area contributed by atoms with E-state index in [0.29, 0.717) is 11.9 Å². The zero-order chi connectivity index (χ0) is 11.6. The van der Waals surface area contributed by atoms with Crippen LogP contribution in [-0.4, -0.2) is 15.5 Å². The highest BCUT2D eigenvalue weighted by Gasteiger charge is 2.21. The Bertz CT molecular complexity index is 398. The second kappa shape index (κ2) is 4.09. The molecule has 2 rings (SSSR count). The van der Waals surface area contributed by atoms with Gasteiger partial charge in [0, 0.05) is 12.4 Å². The van der Waals surface area contributed by atoms with Crippen molar-refractivity contribution < 1.29 is 0 Å². The van der Waals surface area contributed by atoms with Gasteiger partial charge in [0.25, 0.3) is 0 Å². The molecule has 0 aliphatic heterocycles. The third-order valence-electron chi connectivity index (χ3n) is 2.95. The highest BCUT2D eigenvalue weighted by Crippen LogP contribution is 2.35. The minimum atomic E-state index is -0.627. The molecule has 0 spiro atoms. The van der Waals surface area contributed by atoms with Crippen LogP contribution < -0.4 is 5.32 Å². The molecule has 1 fully saturated rings. The number of nitrogens with zero attached hydrogens (tertiary/aromatic N) is 3. The third-order valence-corrected chi connectivity index (χ3v) is 2.95. The highest BCUT2D eigenvalue weighted by molar-refractivity contribution is 5.33. The molecule has 0 saturated heterocycles. The third kappa shape index (κ3) is 2.30. The number of hydrogen-bond acceptors (Lipinski definition) is 4. The summed E-state index contributed by atoms with van der Waals surface area (Å²) in [6, 6.07) is 2.16. The Morgan fingerprint density at radius 3 is 2.44 bits per heavy atom. The van der Waals surface area contributed by atoms with Gasteiger partial charge in [-0.2, -0.15) is 5.26 Å². The SMILES string of the molecule is CC(C)(C#N)Nc1ncc(C2CCC2)cn1. The van der Waals surface area contributed by atoms with Gasteiger partial charge in [-0.3, -0.25) is 0 Å². The zero-order valence-electron chi connectivity index (χ0n) is 9.70. The summed E-state index contributed by atoms with van der Waals surface area (Å²) in [6.45, 7) is 3.60. The Kier molecular flexibility index (Phi) is 2.78. The van der Waals surface area contributed by atoms with Gasteiger partial charge in [-0.05, 0) is 38.2 Å². The van der Waals surface area contributed by atoms with Gasteiger partial charge >= 0.3 is 0 Å². The minimum absolute atomic E-state index is 0.523. The van der Waals surface area contributed by atoms with Crippen molar-refractivity contribution in [3.05, 3.63) is 18.0 Å². The van der Waals surface area contributed by atoms with Crippen LogP contribution in [0.3, 0.4) is 0 Å². The smallest absolute Gasteiger partial charge is 0.223 e. The van der Waals surface area contributed by atoms with E-state index in [-0.39, 0.29) is 0 Å². The molecule has 0 atom stereocenters. The molecule has 0 bridgehead atoms. The molecule has 84 valence electrons. The first-order valence-electron chi connectivity index (χ1n) is 5.62. The fourth-order valence-corrected chi connectivity index (χ4v) is 1.66. The van der Waals surface area contributed by atoms with Crippen molar-refractivity contribution in [2.75, 3.05) is 5.32 Å². The van der Waals surface area contributed by atoms with Gasteiger partial charge in [0.05, 0.1) is 6.07 Å². The van der Waals surface area contributed by atoms with Crippen LogP contribution in [0.4, 0.5) is 5.95 Å². The monoisotopic (exact) mass is 216 g/mol. The van der Waals surface area contributed by atoms with E-state index in [1.807, 2.05) is 12.4 Å². The molecule has 0 aromatic carbocycles. The van der Waals surface area contributed by atoms with E-state index < -0.39 is 5.54 Å². The summed E-state index contributed by atoms with van der Waals surface area (Å²) in [4.78, 5) is 8.48. The van der Waals surface area contributed by atoms with E-state index in [4.69, 9.17) is 5.26 Å². The highest BCUT2D eigenvalue weighted by atomic mass is 15.1. The van der Waals surface area contributed by atoms with Crippen LogP contribution in [-0.2, 0) is 0 Å². The number of nitriles is 1. The van der Waals surface area contributed by atoms with E-state index in [2.05, 4.69) is 21.4 Å². The molecule has 16 heavy (non-hydrogen) atoms. The molecule has 0 unspecified atom stereocenters. The molecule has 1 saturated carbocycles. The first-order valence-corrected chi connectivity index (χ1v) is 5.62. The van der Waals surface area contributed by atoms with Crippen LogP contribution in [0.15, 0.2) is 12.4 Å². The number of rotatable bonds is 3. The second-order valence-corrected chi connectivity index (χ2v) is 4.83. The lowest BCUT2D eigenvalue weighted by atomic mass is 9.81. The standard InChI is InChI=1S/C12H16N4/c1-12(2,8-13)16-11-14-6-10(7-15-11)9-4-3-5-9/h6-7,9H,3-5H2,1-2H3,(H,14,15,16). The second-order valence-electron chi connectivity index (χ2n) is 4.83. The normalized spacial score (nSPS) is 16.3. The van der Waals surface area contributed by atoms with Gasteiger partial charge in [-0.1, -0.05) is 6.42 Å². The summed E-state index contributed by atoms with van der Waals surface area (Å²) in [5.41, 5.74) is 0.587. The summed E-state index contributed by atoms with van der Waals surface area (Å²) < 4.78 is 0. The van der Waals surface area contributed by atoms with Crippen molar-refractivity contribution in [2.24, 2.45) is 0 Å². The Morgan fingerprint density at radius 2 is 2.00 bits per heavy atom. The van der Waals surface area contributed by atoms with Gasteiger partial charge < -0.3 is 5.32 Å². The molecule has 4 nitrogen and oxygen atoms in total. The van der Waals surface area contributed by atoms with Crippen molar-refractivity contribution in [1.82, 2.24) is 9.97 Å². The van der Waals surface area contributed by atoms with Crippen LogP contribution in [0.25, 0.3) is 0 Å². The van der Waals surface area contributed by atoms with E-state index in [1.165, 1.54) is 24.8 Å². The molecule has 0 radical (unpaired) electrons. The maximum atomic E-state index is 8.88. The molecular weight excluding hydrogens is 200 g/mol. The van der Waals surface area contributed by atoms with Crippen LogP contribution >= 0.6 is 0 Å². The summed E-state index contributed by atoms with van der Waals surface area (Å²) in [5, 5.41) is 11.9. The Hall–Kier alpha value is -1.63. The topological polar surface area (TPSA) is 61.6 Å². The van der Waals surface area contributed by atoms with E-state index in [1.54, 1.807) is 13.8 Å². The lowest BCUT2D eigenvalue weighted by Gasteiger charge is -2.25. The molecule has 1 aliphatic rings. The molecule has 1 heterocycles. The maximum Gasteiger partial charge on any atom is 0.223 e. The predicted octanol–water partition coefficient (Wildman–Crippen LogP) is 2.46. The van der Waals surface area contributed by atoms with Gasteiger partial charge in [0.1, 0.15) is 5.54 Å². The van der Waals surface area contributed by atoms with Crippen LogP contribution in [0.5, 0.6) is 0 Å².